The fourth-order valence-electron chi connectivity index (χ4n) is 2.27. The molecule has 2 aliphatic rings. The highest BCUT2D eigenvalue weighted by atomic mass is 16.3. The van der Waals surface area contributed by atoms with Gasteiger partial charge in [-0.3, -0.25) is 4.79 Å². The largest absolute Gasteiger partial charge is 0.443 e. The van der Waals surface area contributed by atoms with Crippen LogP contribution in [0.5, 0.6) is 0 Å². The molecule has 1 N–H and O–H groups in total. The molecule has 1 heterocycles. The molecule has 5 heteroatoms. The van der Waals surface area contributed by atoms with Gasteiger partial charge in [-0.05, 0) is 6.07 Å². The molecule has 0 saturated heterocycles. The third-order valence-electron chi connectivity index (χ3n) is 3.53. The van der Waals surface area contributed by atoms with E-state index in [2.05, 4.69) is 4.98 Å². The van der Waals surface area contributed by atoms with Crippen molar-refractivity contribution in [3.05, 3.63) is 40.6 Å². The molecule has 5 nitrogen and oxygen atoms in total. The summed E-state index contributed by atoms with van der Waals surface area (Å²) in [4.78, 5) is 19.3. The van der Waals surface area contributed by atoms with Gasteiger partial charge in [0.25, 0.3) is 11.1 Å². The van der Waals surface area contributed by atoms with E-state index in [1.165, 1.54) is 0 Å². The molecule has 1 aliphatic heterocycles. The van der Waals surface area contributed by atoms with Crippen molar-refractivity contribution in [2.45, 2.75) is 0 Å². The molecule has 1 aliphatic carbocycles. The molecule has 1 aromatic carbocycles. The Hall–Kier alpha value is -2.56. The highest BCUT2D eigenvalue weighted by Crippen LogP contribution is 2.25. The van der Waals surface area contributed by atoms with E-state index < -0.39 is 0 Å². The van der Waals surface area contributed by atoms with E-state index in [9.17, 15) is 4.79 Å². The van der Waals surface area contributed by atoms with E-state index in [0.717, 1.165) is 22.5 Å². The maximum atomic E-state index is 12.2. The second-order valence-corrected chi connectivity index (χ2v) is 5.51. The van der Waals surface area contributed by atoms with Crippen LogP contribution in [-0.4, -0.2) is 28.2 Å². The van der Waals surface area contributed by atoms with Gasteiger partial charge < -0.3 is 14.2 Å². The predicted molar refractivity (Wildman–Crippen MR) is 84.3 cm³/mol. The molecule has 0 fully saturated rings. The molecule has 21 heavy (non-hydrogen) atoms. The lowest BCUT2D eigenvalue weighted by atomic mass is 10.2. The summed E-state index contributed by atoms with van der Waals surface area (Å²) >= 11 is 0. The molecule has 108 valence electrons. The SMILES string of the molecule is CN(C)c1cc2oc3cc(N(C)C)ccc3[nH+]c-2c(=O)c1. The molecular weight excluding hydrogens is 266 g/mol. The molecule has 1 aromatic rings. The number of anilines is 2. The normalized spacial score (nSPS) is 11.0. The van der Waals surface area contributed by atoms with E-state index in [1.54, 1.807) is 6.07 Å². The number of hydrogen-bond donors (Lipinski definition) is 0. The van der Waals surface area contributed by atoms with Crippen molar-refractivity contribution in [2.75, 3.05) is 38.0 Å². The lowest BCUT2D eigenvalue weighted by Gasteiger charge is -2.13. The molecular formula is C16H18N3O2+. The molecule has 0 amide bonds. The first kappa shape index (κ1) is 13.4. The molecule has 0 aromatic heterocycles. The summed E-state index contributed by atoms with van der Waals surface area (Å²) in [6.45, 7) is 0. The highest BCUT2D eigenvalue weighted by molar-refractivity contribution is 5.76. The molecule has 3 rings (SSSR count). The van der Waals surface area contributed by atoms with Gasteiger partial charge in [0.15, 0.2) is 0 Å². The average Bonchev–Trinajstić information content (AvgIpc) is 2.44. The van der Waals surface area contributed by atoms with Crippen LogP contribution in [0.2, 0.25) is 0 Å². The van der Waals surface area contributed by atoms with E-state index in [-0.39, 0.29) is 5.43 Å². The molecule has 0 saturated carbocycles. The van der Waals surface area contributed by atoms with Gasteiger partial charge in [0.05, 0.1) is 0 Å². The number of aromatic amines is 1. The molecule has 0 radical (unpaired) electrons. The number of fused-ring (bicyclic) bond motifs is 2. The summed E-state index contributed by atoms with van der Waals surface area (Å²) in [5, 5.41) is 0. The molecule has 0 bridgehead atoms. The second kappa shape index (κ2) is 4.77. The number of nitrogens with one attached hydrogen (secondary N) is 1. The van der Waals surface area contributed by atoms with Gasteiger partial charge in [-0.15, -0.1) is 0 Å². The van der Waals surface area contributed by atoms with E-state index in [4.69, 9.17) is 4.42 Å². The van der Waals surface area contributed by atoms with Crippen LogP contribution < -0.4 is 20.2 Å². The Morgan fingerprint density at radius 3 is 2.33 bits per heavy atom. The van der Waals surface area contributed by atoms with Crippen LogP contribution in [-0.2, 0) is 0 Å². The summed E-state index contributed by atoms with van der Waals surface area (Å²) in [5.74, 6) is 0.564. The van der Waals surface area contributed by atoms with E-state index in [0.29, 0.717) is 11.5 Å². The molecule has 0 atom stereocenters. The fraction of sp³-hybridized carbons (Fsp3) is 0.250. The van der Waals surface area contributed by atoms with Crippen molar-refractivity contribution in [2.24, 2.45) is 0 Å². The van der Waals surface area contributed by atoms with Gasteiger partial charge in [0, 0.05) is 63.8 Å². The van der Waals surface area contributed by atoms with Crippen LogP contribution in [0.4, 0.5) is 11.4 Å². The van der Waals surface area contributed by atoms with Crippen molar-refractivity contribution in [3.63, 3.8) is 0 Å². The Kier molecular flexibility index (Phi) is 3.05. The van der Waals surface area contributed by atoms with Crippen LogP contribution in [0.3, 0.4) is 0 Å². The summed E-state index contributed by atoms with van der Waals surface area (Å²) in [6.07, 6.45) is 0. The second-order valence-electron chi connectivity index (χ2n) is 5.51. The monoisotopic (exact) mass is 284 g/mol. The number of rotatable bonds is 2. The average molecular weight is 284 g/mol. The number of hydrogen-bond acceptors (Lipinski definition) is 4. The topological polar surface area (TPSA) is 50.8 Å². The predicted octanol–water partition coefficient (Wildman–Crippen LogP) is 1.84. The first-order valence-corrected chi connectivity index (χ1v) is 6.74. The summed E-state index contributed by atoms with van der Waals surface area (Å²) in [7, 11) is 7.75. The Balaban J connectivity index is 2.31. The van der Waals surface area contributed by atoms with Crippen LogP contribution in [0.15, 0.2) is 39.5 Å². The highest BCUT2D eigenvalue weighted by Gasteiger charge is 2.21. The Bertz CT molecular complexity index is 837. The fourth-order valence-corrected chi connectivity index (χ4v) is 2.27. The maximum absolute atomic E-state index is 12.2. The molecule has 0 unspecified atom stereocenters. The first-order chi connectivity index (χ1) is 9.95. The molecule has 0 spiro atoms. The van der Waals surface area contributed by atoms with Crippen LogP contribution in [0, 0.1) is 0 Å². The van der Waals surface area contributed by atoms with Crippen molar-refractivity contribution in [3.8, 4) is 11.5 Å². The van der Waals surface area contributed by atoms with Crippen molar-refractivity contribution < 1.29 is 9.40 Å². The summed E-state index contributed by atoms with van der Waals surface area (Å²) in [6, 6.07) is 9.34. The van der Waals surface area contributed by atoms with Crippen LogP contribution in [0.1, 0.15) is 0 Å². The smallest absolute Gasteiger partial charge is 0.295 e. The minimum atomic E-state index is -0.0708. The number of benzene rings is 2. The van der Waals surface area contributed by atoms with Gasteiger partial charge in [-0.1, -0.05) is 0 Å². The maximum Gasteiger partial charge on any atom is 0.295 e. The zero-order valence-electron chi connectivity index (χ0n) is 12.6. The van der Waals surface area contributed by atoms with Gasteiger partial charge >= 0.3 is 0 Å². The number of aromatic nitrogens is 1. The van der Waals surface area contributed by atoms with E-state index >= 15 is 0 Å². The van der Waals surface area contributed by atoms with Crippen molar-refractivity contribution >= 4 is 22.5 Å². The van der Waals surface area contributed by atoms with Gasteiger partial charge in [-0.25, -0.2) is 0 Å². The Morgan fingerprint density at radius 1 is 0.952 bits per heavy atom. The van der Waals surface area contributed by atoms with E-state index in [1.807, 2.05) is 62.3 Å². The van der Waals surface area contributed by atoms with Crippen molar-refractivity contribution in [1.29, 1.82) is 0 Å². The van der Waals surface area contributed by atoms with Crippen LogP contribution >= 0.6 is 0 Å². The zero-order chi connectivity index (χ0) is 15.1. The summed E-state index contributed by atoms with van der Waals surface area (Å²) < 4.78 is 5.92. The Morgan fingerprint density at radius 2 is 1.67 bits per heavy atom. The standard InChI is InChI=1S/C16H17N3O2/c1-18(2)10-5-6-12-14(8-10)21-15-9-11(19(3)4)7-13(20)16(15)17-12/h5-9H,1-4H3/p+1. The van der Waals surface area contributed by atoms with Crippen LogP contribution in [0.25, 0.3) is 22.6 Å². The van der Waals surface area contributed by atoms with Gasteiger partial charge in [0.1, 0.15) is 0 Å². The zero-order valence-corrected chi connectivity index (χ0v) is 12.6. The number of H-pyrrole nitrogens is 1. The van der Waals surface area contributed by atoms with Gasteiger partial charge in [0.2, 0.25) is 16.9 Å². The minimum absolute atomic E-state index is 0.0708. The quantitative estimate of drug-likeness (QED) is 0.674. The number of nitrogens with zero attached hydrogens (tertiary/aromatic N) is 2. The Labute approximate surface area is 122 Å². The third kappa shape index (κ3) is 2.31. The van der Waals surface area contributed by atoms with Gasteiger partial charge in [-0.2, -0.15) is 4.98 Å². The third-order valence-corrected chi connectivity index (χ3v) is 3.53. The lowest BCUT2D eigenvalue weighted by Crippen LogP contribution is -2.22. The minimum Gasteiger partial charge on any atom is -0.443 e. The summed E-state index contributed by atoms with van der Waals surface area (Å²) in [5.41, 5.74) is 3.83. The lowest BCUT2D eigenvalue weighted by molar-refractivity contribution is -0.335. The first-order valence-electron chi connectivity index (χ1n) is 6.74. The van der Waals surface area contributed by atoms with Crippen molar-refractivity contribution in [1.82, 2.24) is 0 Å².